The van der Waals surface area contributed by atoms with Crippen molar-refractivity contribution in [2.75, 3.05) is 13.7 Å². The lowest BCUT2D eigenvalue weighted by Crippen LogP contribution is -2.62. The van der Waals surface area contributed by atoms with Crippen LogP contribution in [0.1, 0.15) is 65.0 Å². The summed E-state index contributed by atoms with van der Waals surface area (Å²) in [5.41, 5.74) is 1.24. The molecular formula is C21H33N3O2. The van der Waals surface area contributed by atoms with Crippen LogP contribution in [0.15, 0.2) is 24.3 Å². The van der Waals surface area contributed by atoms with Gasteiger partial charge in [-0.1, -0.05) is 12.1 Å². The molecule has 2 heterocycles. The minimum absolute atomic E-state index is 0.0279. The van der Waals surface area contributed by atoms with Crippen LogP contribution >= 0.6 is 0 Å². The number of carbonyl (C=O) groups excluding carboxylic acids is 1. The van der Waals surface area contributed by atoms with Crippen molar-refractivity contribution in [3.63, 3.8) is 0 Å². The van der Waals surface area contributed by atoms with Gasteiger partial charge in [-0.3, -0.25) is 0 Å². The van der Waals surface area contributed by atoms with Crippen LogP contribution in [0, 0.1) is 0 Å². The zero-order chi connectivity index (χ0) is 18.9. The monoisotopic (exact) mass is 359 g/mol. The first-order valence-corrected chi connectivity index (χ1v) is 9.70. The Kier molecular flexibility index (Phi) is 5.20. The standard InChI is InChI=1S/C21H33N3O2/c1-20(2)13-16(14-21(3,4)23-20)22-19(25)24-12-6-7-18(24)15-8-10-17(26-5)11-9-15/h8-11,16,18,23H,6-7,12-14H2,1-5H3,(H,22,25). The third-order valence-electron chi connectivity index (χ3n) is 5.53. The molecule has 0 spiro atoms. The summed E-state index contributed by atoms with van der Waals surface area (Å²) in [6.45, 7) is 9.67. The smallest absolute Gasteiger partial charge is 0.318 e. The number of urea groups is 1. The molecule has 2 N–H and O–H groups in total. The Morgan fingerprint density at radius 2 is 1.77 bits per heavy atom. The highest BCUT2D eigenvalue weighted by atomic mass is 16.5. The van der Waals surface area contributed by atoms with Crippen LogP contribution in [0.5, 0.6) is 5.75 Å². The number of benzene rings is 1. The van der Waals surface area contributed by atoms with E-state index in [0.29, 0.717) is 0 Å². The maximum atomic E-state index is 13.0. The lowest BCUT2D eigenvalue weighted by Gasteiger charge is -2.47. The maximum absolute atomic E-state index is 13.0. The molecule has 1 aromatic carbocycles. The fourth-order valence-electron chi connectivity index (χ4n) is 4.86. The van der Waals surface area contributed by atoms with Crippen molar-refractivity contribution in [1.29, 1.82) is 0 Å². The van der Waals surface area contributed by atoms with Crippen LogP contribution in [-0.4, -0.2) is 41.7 Å². The topological polar surface area (TPSA) is 53.6 Å². The van der Waals surface area contributed by atoms with Gasteiger partial charge in [0.05, 0.1) is 13.2 Å². The molecule has 144 valence electrons. The van der Waals surface area contributed by atoms with Gasteiger partial charge < -0.3 is 20.3 Å². The lowest BCUT2D eigenvalue weighted by molar-refractivity contribution is 0.137. The van der Waals surface area contributed by atoms with Gasteiger partial charge in [-0.05, 0) is 71.1 Å². The second-order valence-electron chi connectivity index (χ2n) is 9.07. The van der Waals surface area contributed by atoms with E-state index in [0.717, 1.165) is 38.0 Å². The van der Waals surface area contributed by atoms with E-state index >= 15 is 0 Å². The summed E-state index contributed by atoms with van der Waals surface area (Å²) in [6.07, 6.45) is 3.96. The molecule has 2 saturated heterocycles. The fourth-order valence-corrected chi connectivity index (χ4v) is 4.86. The molecule has 2 fully saturated rings. The molecule has 0 bridgehead atoms. The number of amides is 2. The number of piperidine rings is 1. The van der Waals surface area contributed by atoms with Gasteiger partial charge in [-0.25, -0.2) is 4.79 Å². The average molecular weight is 360 g/mol. The molecule has 0 saturated carbocycles. The molecule has 26 heavy (non-hydrogen) atoms. The van der Waals surface area contributed by atoms with E-state index in [-0.39, 0.29) is 29.2 Å². The van der Waals surface area contributed by atoms with E-state index in [1.54, 1.807) is 7.11 Å². The van der Waals surface area contributed by atoms with Gasteiger partial charge in [0.15, 0.2) is 0 Å². The Labute approximate surface area is 157 Å². The number of methoxy groups -OCH3 is 1. The molecule has 0 aliphatic carbocycles. The first kappa shape index (κ1) is 19.0. The van der Waals surface area contributed by atoms with Crippen molar-refractivity contribution in [2.24, 2.45) is 0 Å². The maximum Gasteiger partial charge on any atom is 0.318 e. The molecule has 2 amide bonds. The summed E-state index contributed by atoms with van der Waals surface area (Å²) in [7, 11) is 1.67. The van der Waals surface area contributed by atoms with Gasteiger partial charge in [-0.2, -0.15) is 0 Å². The fraction of sp³-hybridized carbons (Fsp3) is 0.667. The largest absolute Gasteiger partial charge is 0.497 e. The summed E-state index contributed by atoms with van der Waals surface area (Å²) in [5, 5.41) is 6.99. The predicted octanol–water partition coefficient (Wildman–Crippen LogP) is 3.85. The molecule has 5 nitrogen and oxygen atoms in total. The molecule has 3 rings (SSSR count). The van der Waals surface area contributed by atoms with Crippen LogP contribution in [0.3, 0.4) is 0 Å². The van der Waals surface area contributed by atoms with Crippen LogP contribution in [0.2, 0.25) is 0 Å². The lowest BCUT2D eigenvalue weighted by atomic mass is 9.79. The van der Waals surface area contributed by atoms with Gasteiger partial charge in [0, 0.05) is 23.7 Å². The summed E-state index contributed by atoms with van der Waals surface area (Å²) in [4.78, 5) is 15.0. The second kappa shape index (κ2) is 7.10. The predicted molar refractivity (Wildman–Crippen MR) is 105 cm³/mol. The Bertz CT molecular complexity index is 623. The van der Waals surface area contributed by atoms with Gasteiger partial charge in [0.2, 0.25) is 0 Å². The van der Waals surface area contributed by atoms with Gasteiger partial charge in [-0.15, -0.1) is 0 Å². The zero-order valence-electron chi connectivity index (χ0n) is 16.8. The van der Waals surface area contributed by atoms with Gasteiger partial charge in [0.25, 0.3) is 0 Å². The Balaban J connectivity index is 1.68. The van der Waals surface area contributed by atoms with E-state index in [2.05, 4.69) is 50.5 Å². The molecule has 5 heteroatoms. The Morgan fingerprint density at radius 3 is 2.35 bits per heavy atom. The van der Waals surface area contributed by atoms with Crippen molar-refractivity contribution < 1.29 is 9.53 Å². The van der Waals surface area contributed by atoms with Crippen molar-refractivity contribution in [3.8, 4) is 5.75 Å². The average Bonchev–Trinajstić information content (AvgIpc) is 3.01. The third-order valence-corrected chi connectivity index (χ3v) is 5.53. The highest BCUT2D eigenvalue weighted by Gasteiger charge is 2.39. The quantitative estimate of drug-likeness (QED) is 0.862. The van der Waals surface area contributed by atoms with E-state index in [1.165, 1.54) is 5.56 Å². The highest BCUT2D eigenvalue weighted by molar-refractivity contribution is 5.75. The van der Waals surface area contributed by atoms with Crippen molar-refractivity contribution in [1.82, 2.24) is 15.5 Å². The number of ether oxygens (including phenoxy) is 1. The van der Waals surface area contributed by atoms with E-state index < -0.39 is 0 Å². The molecular weight excluding hydrogens is 326 g/mol. The minimum Gasteiger partial charge on any atom is -0.497 e. The second-order valence-corrected chi connectivity index (χ2v) is 9.07. The number of nitrogens with one attached hydrogen (secondary N) is 2. The first-order chi connectivity index (χ1) is 12.2. The first-order valence-electron chi connectivity index (χ1n) is 9.70. The zero-order valence-corrected chi connectivity index (χ0v) is 16.8. The molecule has 0 radical (unpaired) electrons. The van der Waals surface area contributed by atoms with Crippen LogP contribution < -0.4 is 15.4 Å². The van der Waals surface area contributed by atoms with Crippen LogP contribution in [-0.2, 0) is 0 Å². The Hall–Kier alpha value is -1.75. The highest BCUT2D eigenvalue weighted by Crippen LogP contribution is 2.34. The number of carbonyl (C=O) groups is 1. The van der Waals surface area contributed by atoms with Gasteiger partial charge >= 0.3 is 6.03 Å². The van der Waals surface area contributed by atoms with E-state index in [1.807, 2.05) is 17.0 Å². The normalized spacial score (nSPS) is 25.1. The van der Waals surface area contributed by atoms with Crippen LogP contribution in [0.25, 0.3) is 0 Å². The number of hydrogen-bond acceptors (Lipinski definition) is 3. The van der Waals surface area contributed by atoms with Crippen molar-refractivity contribution in [2.45, 2.75) is 76.5 Å². The summed E-state index contributed by atoms with van der Waals surface area (Å²) < 4.78 is 5.25. The summed E-state index contributed by atoms with van der Waals surface area (Å²) in [5.74, 6) is 0.849. The molecule has 2 aliphatic heterocycles. The van der Waals surface area contributed by atoms with Crippen molar-refractivity contribution >= 4 is 6.03 Å². The molecule has 2 aliphatic rings. The molecule has 0 aromatic heterocycles. The number of likely N-dealkylation sites (tertiary alicyclic amines) is 1. The molecule has 1 unspecified atom stereocenters. The number of hydrogen-bond donors (Lipinski definition) is 2. The summed E-state index contributed by atoms with van der Waals surface area (Å²) >= 11 is 0. The SMILES string of the molecule is COc1ccc(C2CCCN2C(=O)NC2CC(C)(C)NC(C)(C)C2)cc1. The van der Waals surface area contributed by atoms with Crippen LogP contribution in [0.4, 0.5) is 4.79 Å². The van der Waals surface area contributed by atoms with Gasteiger partial charge in [0.1, 0.15) is 5.75 Å². The number of nitrogens with zero attached hydrogens (tertiary/aromatic N) is 1. The van der Waals surface area contributed by atoms with E-state index in [4.69, 9.17) is 4.74 Å². The molecule has 1 atom stereocenters. The number of rotatable bonds is 3. The summed E-state index contributed by atoms with van der Waals surface area (Å²) in [6, 6.07) is 8.53. The van der Waals surface area contributed by atoms with E-state index in [9.17, 15) is 4.79 Å². The minimum atomic E-state index is 0.0279. The molecule has 1 aromatic rings. The Morgan fingerprint density at radius 1 is 1.15 bits per heavy atom. The third kappa shape index (κ3) is 4.32. The van der Waals surface area contributed by atoms with Crippen molar-refractivity contribution in [3.05, 3.63) is 29.8 Å².